The molecular formula is C16H23NO. The first-order valence-electron chi connectivity index (χ1n) is 7.09. The van der Waals surface area contributed by atoms with E-state index in [1.807, 2.05) is 19.2 Å². The Morgan fingerprint density at radius 1 is 1.17 bits per heavy atom. The molecule has 0 heterocycles. The smallest absolute Gasteiger partial charge is 0.176 e. The highest BCUT2D eigenvalue weighted by atomic mass is 16.1. The summed E-state index contributed by atoms with van der Waals surface area (Å²) in [6.45, 7) is 0.434. The van der Waals surface area contributed by atoms with Crippen LogP contribution < -0.4 is 5.32 Å². The summed E-state index contributed by atoms with van der Waals surface area (Å²) in [5.74, 6) is 0.807. The number of hydrogen-bond acceptors (Lipinski definition) is 2. The van der Waals surface area contributed by atoms with Gasteiger partial charge in [0.1, 0.15) is 0 Å². The molecular weight excluding hydrogens is 222 g/mol. The molecule has 0 bridgehead atoms. The van der Waals surface area contributed by atoms with Crippen LogP contribution in [-0.2, 0) is 0 Å². The van der Waals surface area contributed by atoms with Gasteiger partial charge in [-0.05, 0) is 31.4 Å². The van der Waals surface area contributed by atoms with Crippen LogP contribution in [0.3, 0.4) is 0 Å². The van der Waals surface area contributed by atoms with Gasteiger partial charge in [-0.3, -0.25) is 4.79 Å². The maximum Gasteiger partial charge on any atom is 0.176 e. The van der Waals surface area contributed by atoms with Crippen LogP contribution in [0, 0.1) is 0 Å². The van der Waals surface area contributed by atoms with Crippen LogP contribution in [0.4, 0.5) is 0 Å². The monoisotopic (exact) mass is 245 g/mol. The van der Waals surface area contributed by atoms with Crippen molar-refractivity contribution < 1.29 is 4.79 Å². The molecule has 1 aliphatic carbocycles. The van der Waals surface area contributed by atoms with Crippen molar-refractivity contribution in [3.63, 3.8) is 0 Å². The third-order valence-corrected chi connectivity index (χ3v) is 3.89. The molecule has 0 radical (unpaired) electrons. The predicted molar refractivity (Wildman–Crippen MR) is 75.1 cm³/mol. The molecule has 0 atom stereocenters. The predicted octanol–water partition coefficient (Wildman–Crippen LogP) is 3.53. The Morgan fingerprint density at radius 2 is 1.83 bits per heavy atom. The van der Waals surface area contributed by atoms with Crippen molar-refractivity contribution in [3.05, 3.63) is 35.4 Å². The molecule has 1 fully saturated rings. The van der Waals surface area contributed by atoms with E-state index in [2.05, 4.69) is 17.4 Å². The lowest BCUT2D eigenvalue weighted by Gasteiger charge is -2.18. The quantitative estimate of drug-likeness (QED) is 0.649. The first kappa shape index (κ1) is 13.3. The van der Waals surface area contributed by atoms with Crippen molar-refractivity contribution >= 4 is 5.78 Å². The molecule has 0 amide bonds. The van der Waals surface area contributed by atoms with E-state index in [-0.39, 0.29) is 5.78 Å². The second kappa shape index (κ2) is 6.69. The fourth-order valence-corrected chi connectivity index (χ4v) is 2.95. The maximum atomic E-state index is 12.1. The van der Waals surface area contributed by atoms with Crippen molar-refractivity contribution in [2.75, 3.05) is 13.6 Å². The molecule has 1 saturated carbocycles. The molecule has 0 unspecified atom stereocenters. The highest BCUT2D eigenvalue weighted by Crippen LogP contribution is 2.33. The lowest BCUT2D eigenvalue weighted by Crippen LogP contribution is -2.20. The fraction of sp³-hybridized carbons (Fsp3) is 0.562. The Morgan fingerprint density at radius 3 is 2.50 bits per heavy atom. The molecule has 1 N–H and O–H groups in total. The fourth-order valence-electron chi connectivity index (χ4n) is 2.95. The summed E-state index contributed by atoms with van der Waals surface area (Å²) in [5, 5.41) is 2.96. The highest BCUT2D eigenvalue weighted by Gasteiger charge is 2.19. The van der Waals surface area contributed by atoms with E-state index in [4.69, 9.17) is 0 Å². The topological polar surface area (TPSA) is 29.1 Å². The van der Waals surface area contributed by atoms with Gasteiger partial charge in [0.2, 0.25) is 0 Å². The lowest BCUT2D eigenvalue weighted by molar-refractivity contribution is 0.0992. The van der Waals surface area contributed by atoms with Crippen LogP contribution >= 0.6 is 0 Å². The maximum absolute atomic E-state index is 12.1. The van der Waals surface area contributed by atoms with E-state index in [0.29, 0.717) is 12.5 Å². The van der Waals surface area contributed by atoms with Crippen LogP contribution in [-0.4, -0.2) is 19.4 Å². The Bertz CT molecular complexity index is 392. The van der Waals surface area contributed by atoms with Gasteiger partial charge in [0, 0.05) is 5.56 Å². The van der Waals surface area contributed by atoms with Crippen molar-refractivity contribution in [1.29, 1.82) is 0 Å². The standard InChI is InChI=1S/C16H23NO/c1-17-12-16(18)15-11-7-6-10-14(15)13-8-4-2-3-5-9-13/h6-7,10-11,13,17H,2-5,8-9,12H2,1H3. The number of rotatable bonds is 4. The summed E-state index contributed by atoms with van der Waals surface area (Å²) < 4.78 is 0. The van der Waals surface area contributed by atoms with Gasteiger partial charge >= 0.3 is 0 Å². The van der Waals surface area contributed by atoms with Crippen molar-refractivity contribution in [1.82, 2.24) is 5.32 Å². The number of benzene rings is 1. The molecule has 0 spiro atoms. The van der Waals surface area contributed by atoms with Crippen LogP contribution in [0.15, 0.2) is 24.3 Å². The zero-order chi connectivity index (χ0) is 12.8. The molecule has 2 heteroatoms. The Kier molecular flexibility index (Phi) is 4.94. The van der Waals surface area contributed by atoms with Gasteiger partial charge in [0.05, 0.1) is 6.54 Å². The Balaban J connectivity index is 2.22. The molecule has 98 valence electrons. The van der Waals surface area contributed by atoms with Gasteiger partial charge < -0.3 is 5.32 Å². The molecule has 1 aromatic rings. The number of hydrogen-bond donors (Lipinski definition) is 1. The second-order valence-corrected chi connectivity index (χ2v) is 5.23. The third kappa shape index (κ3) is 3.20. The van der Waals surface area contributed by atoms with E-state index >= 15 is 0 Å². The van der Waals surface area contributed by atoms with Crippen LogP contribution in [0.5, 0.6) is 0 Å². The van der Waals surface area contributed by atoms with Crippen LogP contribution in [0.25, 0.3) is 0 Å². The number of carbonyl (C=O) groups is 1. The molecule has 2 nitrogen and oxygen atoms in total. The number of Topliss-reactive ketones (excluding diaryl/α,β-unsaturated/α-hetero) is 1. The number of ketones is 1. The second-order valence-electron chi connectivity index (χ2n) is 5.23. The normalized spacial score (nSPS) is 17.4. The van der Waals surface area contributed by atoms with E-state index in [0.717, 1.165) is 5.56 Å². The average molecular weight is 245 g/mol. The molecule has 0 aliphatic heterocycles. The summed E-state index contributed by atoms with van der Waals surface area (Å²) in [4.78, 5) is 12.1. The minimum Gasteiger partial charge on any atom is -0.313 e. The van der Waals surface area contributed by atoms with E-state index in [1.54, 1.807) is 0 Å². The van der Waals surface area contributed by atoms with Crippen molar-refractivity contribution in [2.45, 2.75) is 44.4 Å². The van der Waals surface area contributed by atoms with E-state index in [9.17, 15) is 4.79 Å². The largest absolute Gasteiger partial charge is 0.313 e. The summed E-state index contributed by atoms with van der Waals surface area (Å²) in [6, 6.07) is 8.18. The van der Waals surface area contributed by atoms with Crippen molar-refractivity contribution in [2.24, 2.45) is 0 Å². The van der Waals surface area contributed by atoms with Gasteiger partial charge in [-0.15, -0.1) is 0 Å². The van der Waals surface area contributed by atoms with Gasteiger partial charge in [-0.1, -0.05) is 49.9 Å². The average Bonchev–Trinajstić information content (AvgIpc) is 2.68. The summed E-state index contributed by atoms with van der Waals surface area (Å²) >= 11 is 0. The minimum atomic E-state index is 0.220. The van der Waals surface area contributed by atoms with Crippen LogP contribution in [0.1, 0.15) is 60.4 Å². The van der Waals surface area contributed by atoms with E-state index in [1.165, 1.54) is 44.1 Å². The molecule has 0 saturated heterocycles. The number of nitrogens with one attached hydrogen (secondary N) is 1. The Hall–Kier alpha value is -1.15. The zero-order valence-corrected chi connectivity index (χ0v) is 11.2. The zero-order valence-electron chi connectivity index (χ0n) is 11.2. The minimum absolute atomic E-state index is 0.220. The lowest BCUT2D eigenvalue weighted by atomic mass is 9.87. The van der Waals surface area contributed by atoms with Gasteiger partial charge in [-0.2, -0.15) is 0 Å². The summed E-state index contributed by atoms with van der Waals surface area (Å²) in [7, 11) is 1.83. The first-order valence-corrected chi connectivity index (χ1v) is 7.09. The molecule has 0 aromatic heterocycles. The molecule has 1 aromatic carbocycles. The third-order valence-electron chi connectivity index (χ3n) is 3.89. The van der Waals surface area contributed by atoms with Crippen LogP contribution in [0.2, 0.25) is 0 Å². The van der Waals surface area contributed by atoms with E-state index < -0.39 is 0 Å². The Labute approximate surface area is 110 Å². The summed E-state index contributed by atoms with van der Waals surface area (Å²) in [5.41, 5.74) is 2.21. The van der Waals surface area contributed by atoms with Gasteiger partial charge in [-0.25, -0.2) is 0 Å². The molecule has 18 heavy (non-hydrogen) atoms. The molecule has 1 aliphatic rings. The van der Waals surface area contributed by atoms with Gasteiger partial charge in [0.15, 0.2) is 5.78 Å². The highest BCUT2D eigenvalue weighted by molar-refractivity contribution is 5.99. The number of likely N-dealkylation sites (N-methyl/N-ethyl adjacent to an activating group) is 1. The first-order chi connectivity index (χ1) is 8.83. The van der Waals surface area contributed by atoms with Crippen molar-refractivity contribution in [3.8, 4) is 0 Å². The SMILES string of the molecule is CNCC(=O)c1ccccc1C1CCCCCC1. The molecule has 2 rings (SSSR count). The summed E-state index contributed by atoms with van der Waals surface area (Å²) in [6.07, 6.45) is 7.79. The van der Waals surface area contributed by atoms with Gasteiger partial charge in [0.25, 0.3) is 0 Å². The number of carbonyl (C=O) groups excluding carboxylic acids is 1.